The third-order valence-electron chi connectivity index (χ3n) is 5.51. The van der Waals surface area contributed by atoms with Crippen molar-refractivity contribution < 1.29 is 29.3 Å². The minimum Gasteiger partial charge on any atom is -0.488 e. The third-order valence-corrected chi connectivity index (χ3v) is 5.51. The lowest BCUT2D eigenvalue weighted by molar-refractivity contribution is -0.137. The number of rotatable bonds is 14. The first-order valence-corrected chi connectivity index (χ1v) is 11.5. The number of para-hydroxylation sites is 1. The van der Waals surface area contributed by atoms with Gasteiger partial charge < -0.3 is 14.9 Å². The average Bonchev–Trinajstić information content (AvgIpc) is 2.86. The number of nitrogens with zero attached hydrogens (tertiary/aromatic N) is 1. The number of aromatic carboxylic acids is 1. The molecule has 2 N–H and O–H groups in total. The van der Waals surface area contributed by atoms with Crippen LogP contribution >= 0.6 is 0 Å². The van der Waals surface area contributed by atoms with Crippen molar-refractivity contribution in [3.63, 3.8) is 0 Å². The Bertz CT molecular complexity index is 1130. The average molecular weight is 476 g/mol. The summed E-state index contributed by atoms with van der Waals surface area (Å²) in [6.07, 6.45) is 1.21. The van der Waals surface area contributed by atoms with Crippen LogP contribution in [0, 0.1) is 0 Å². The zero-order valence-corrected chi connectivity index (χ0v) is 19.4. The van der Waals surface area contributed by atoms with Crippen molar-refractivity contribution in [2.45, 2.75) is 32.4 Å². The van der Waals surface area contributed by atoms with Gasteiger partial charge >= 0.3 is 11.9 Å². The molecule has 3 aromatic rings. The largest absolute Gasteiger partial charge is 0.488 e. The predicted octanol–water partition coefficient (Wildman–Crippen LogP) is 4.90. The molecule has 3 aromatic carbocycles. The first kappa shape index (κ1) is 25.6. The maximum atomic E-state index is 13.3. The summed E-state index contributed by atoms with van der Waals surface area (Å²) in [6, 6.07) is 23.4. The van der Waals surface area contributed by atoms with Crippen LogP contribution in [0.2, 0.25) is 0 Å². The molecule has 0 fully saturated rings. The summed E-state index contributed by atoms with van der Waals surface area (Å²) in [7, 11) is 0. The molecule has 0 spiro atoms. The molecule has 0 amide bonds. The van der Waals surface area contributed by atoms with Crippen molar-refractivity contribution in [3.8, 4) is 5.75 Å². The molecule has 0 aliphatic rings. The van der Waals surface area contributed by atoms with E-state index in [0.717, 1.165) is 11.1 Å². The van der Waals surface area contributed by atoms with Gasteiger partial charge in [-0.05, 0) is 54.8 Å². The summed E-state index contributed by atoms with van der Waals surface area (Å²) in [5.41, 5.74) is 2.55. The Kier molecular flexibility index (Phi) is 9.57. The Balaban J connectivity index is 1.70. The molecule has 0 radical (unpaired) electrons. The van der Waals surface area contributed by atoms with Gasteiger partial charge in [-0.2, -0.15) is 0 Å². The van der Waals surface area contributed by atoms with E-state index in [1.54, 1.807) is 30.3 Å². The van der Waals surface area contributed by atoms with Crippen molar-refractivity contribution in [2.75, 3.05) is 13.1 Å². The van der Waals surface area contributed by atoms with Gasteiger partial charge in [0.05, 0.1) is 17.7 Å². The number of benzene rings is 3. The topological polar surface area (TPSA) is 104 Å². The fraction of sp³-hybridized carbons (Fsp3) is 0.250. The molecule has 0 unspecified atom stereocenters. The molecule has 0 saturated heterocycles. The molecule has 0 bridgehead atoms. The number of hydrogen-bond acceptors (Lipinski definition) is 5. The van der Waals surface area contributed by atoms with Gasteiger partial charge in [0.15, 0.2) is 5.78 Å². The Labute approximate surface area is 204 Å². The maximum absolute atomic E-state index is 13.3. The lowest BCUT2D eigenvalue weighted by Gasteiger charge is -2.22. The number of Topliss-reactive ketones (excluding diaryl/α,β-unsaturated/α-hetero) is 1. The lowest BCUT2D eigenvalue weighted by Crippen LogP contribution is -2.31. The van der Waals surface area contributed by atoms with E-state index in [-0.39, 0.29) is 24.3 Å². The van der Waals surface area contributed by atoms with E-state index in [4.69, 9.17) is 14.9 Å². The van der Waals surface area contributed by atoms with Crippen molar-refractivity contribution in [1.82, 2.24) is 4.90 Å². The number of unbranched alkanes of at least 4 members (excludes halogenated alkanes) is 1. The Morgan fingerprint density at radius 2 is 1.46 bits per heavy atom. The molecule has 182 valence electrons. The van der Waals surface area contributed by atoms with Crippen LogP contribution < -0.4 is 4.74 Å². The van der Waals surface area contributed by atoms with Gasteiger partial charge in [0.1, 0.15) is 12.4 Å². The molecule has 35 heavy (non-hydrogen) atoms. The number of ketones is 1. The van der Waals surface area contributed by atoms with Crippen molar-refractivity contribution >= 4 is 17.7 Å². The number of carbonyl (C=O) groups is 3. The Hall–Kier alpha value is -3.97. The zero-order valence-electron chi connectivity index (χ0n) is 19.4. The lowest BCUT2D eigenvalue weighted by atomic mass is 10.1. The summed E-state index contributed by atoms with van der Waals surface area (Å²) in [6.45, 7) is 1.44. The van der Waals surface area contributed by atoms with Crippen molar-refractivity contribution in [3.05, 3.63) is 101 Å². The number of carboxylic acid groups (broad SMARTS) is 2. The number of ether oxygens (including phenoxy) is 1. The summed E-state index contributed by atoms with van der Waals surface area (Å²) in [5, 5.41) is 18.0. The fourth-order valence-corrected chi connectivity index (χ4v) is 3.68. The zero-order chi connectivity index (χ0) is 25.0. The Morgan fingerprint density at radius 3 is 2.14 bits per heavy atom. The maximum Gasteiger partial charge on any atom is 0.335 e. The van der Waals surface area contributed by atoms with Crippen LogP contribution in [0.15, 0.2) is 78.9 Å². The van der Waals surface area contributed by atoms with E-state index in [1.807, 2.05) is 41.3 Å². The first-order chi connectivity index (χ1) is 16.9. The predicted molar refractivity (Wildman–Crippen MR) is 132 cm³/mol. The molecule has 3 rings (SSSR count). The van der Waals surface area contributed by atoms with Crippen LogP contribution in [0.4, 0.5) is 0 Å². The summed E-state index contributed by atoms with van der Waals surface area (Å²) >= 11 is 0. The summed E-state index contributed by atoms with van der Waals surface area (Å²) in [5.74, 6) is -1.43. The van der Waals surface area contributed by atoms with Crippen LogP contribution in [-0.2, 0) is 17.9 Å². The van der Waals surface area contributed by atoms with Crippen LogP contribution in [-0.4, -0.2) is 45.9 Å². The van der Waals surface area contributed by atoms with Gasteiger partial charge in [0.25, 0.3) is 0 Å². The second-order valence-electron chi connectivity index (χ2n) is 8.26. The highest BCUT2D eigenvalue weighted by atomic mass is 16.5. The van der Waals surface area contributed by atoms with Gasteiger partial charge in [0, 0.05) is 13.0 Å². The number of hydrogen-bond donors (Lipinski definition) is 2. The smallest absolute Gasteiger partial charge is 0.335 e. The Morgan fingerprint density at radius 1 is 0.771 bits per heavy atom. The number of carboxylic acids is 2. The molecule has 0 saturated carbocycles. The molecule has 7 heteroatoms. The van der Waals surface area contributed by atoms with Gasteiger partial charge in [-0.1, -0.05) is 54.6 Å². The molecular weight excluding hydrogens is 446 g/mol. The molecule has 0 aromatic heterocycles. The molecule has 0 atom stereocenters. The van der Waals surface area contributed by atoms with E-state index < -0.39 is 11.9 Å². The van der Waals surface area contributed by atoms with Crippen LogP contribution in [0.3, 0.4) is 0 Å². The van der Waals surface area contributed by atoms with Gasteiger partial charge in [-0.15, -0.1) is 0 Å². The third kappa shape index (κ3) is 8.39. The molecule has 0 aliphatic carbocycles. The molecule has 0 heterocycles. The van der Waals surface area contributed by atoms with Gasteiger partial charge in [0.2, 0.25) is 0 Å². The minimum absolute atomic E-state index is 0.0747. The van der Waals surface area contributed by atoms with E-state index in [9.17, 15) is 14.4 Å². The highest BCUT2D eigenvalue weighted by molar-refractivity contribution is 6.00. The monoisotopic (exact) mass is 475 g/mol. The number of carbonyl (C=O) groups excluding carboxylic acids is 1. The SMILES string of the molecule is O=C(O)CCCCN(CC(=O)c1ccccc1OCc1ccccc1)Cc1ccc(C(=O)O)cc1. The highest BCUT2D eigenvalue weighted by Crippen LogP contribution is 2.21. The highest BCUT2D eigenvalue weighted by Gasteiger charge is 2.17. The first-order valence-electron chi connectivity index (χ1n) is 11.5. The molecular formula is C28H29NO6. The summed E-state index contributed by atoms with van der Waals surface area (Å²) < 4.78 is 5.94. The second-order valence-corrected chi connectivity index (χ2v) is 8.26. The van der Waals surface area contributed by atoms with Crippen molar-refractivity contribution in [2.24, 2.45) is 0 Å². The van der Waals surface area contributed by atoms with Gasteiger partial charge in [-0.25, -0.2) is 4.79 Å². The fourth-order valence-electron chi connectivity index (χ4n) is 3.68. The molecule has 7 nitrogen and oxygen atoms in total. The van der Waals surface area contributed by atoms with Crippen LogP contribution in [0.25, 0.3) is 0 Å². The van der Waals surface area contributed by atoms with Gasteiger partial charge in [-0.3, -0.25) is 14.5 Å². The quantitative estimate of drug-likeness (QED) is 0.252. The summed E-state index contributed by atoms with van der Waals surface area (Å²) in [4.78, 5) is 37.2. The van der Waals surface area contributed by atoms with Crippen molar-refractivity contribution in [1.29, 1.82) is 0 Å². The standard InChI is InChI=1S/C28H29NO6/c30-25(24-10-4-5-11-26(24)35-20-22-8-2-1-3-9-22)19-29(17-7-6-12-27(31)32)18-21-13-15-23(16-14-21)28(33)34/h1-5,8-11,13-16H,6-7,12,17-20H2,(H,31,32)(H,33,34). The molecule has 0 aliphatic heterocycles. The number of aliphatic carboxylic acids is 1. The minimum atomic E-state index is -0.996. The van der Waals surface area contributed by atoms with E-state index in [2.05, 4.69) is 0 Å². The second kappa shape index (κ2) is 13.1. The van der Waals surface area contributed by atoms with E-state index >= 15 is 0 Å². The van der Waals surface area contributed by atoms with Crippen LogP contribution in [0.5, 0.6) is 5.75 Å². The normalized spacial score (nSPS) is 10.8. The van der Waals surface area contributed by atoms with E-state index in [0.29, 0.717) is 43.9 Å². The van der Waals surface area contributed by atoms with E-state index in [1.165, 1.54) is 12.1 Å². The van der Waals surface area contributed by atoms with Crippen LogP contribution in [0.1, 0.15) is 51.1 Å².